The third kappa shape index (κ3) is 4.67. The highest BCUT2D eigenvalue weighted by molar-refractivity contribution is 7.86. The number of hydrogen-bond donors (Lipinski definition) is 1. The molecule has 0 aromatic heterocycles. The molecule has 0 spiro atoms. The van der Waals surface area contributed by atoms with Crippen LogP contribution in [0.1, 0.15) is 18.4 Å². The Hall–Kier alpha value is -2.73. The number of hydrogen-bond acceptors (Lipinski definition) is 5. The average molecular weight is 371 g/mol. The monoisotopic (exact) mass is 371 g/mol. The van der Waals surface area contributed by atoms with E-state index in [1.807, 2.05) is 24.3 Å². The molecule has 0 bridgehead atoms. The van der Waals surface area contributed by atoms with E-state index in [9.17, 15) is 8.42 Å². The van der Waals surface area contributed by atoms with Crippen LogP contribution in [0, 0.1) is 0 Å². The van der Waals surface area contributed by atoms with E-state index in [4.69, 9.17) is 8.92 Å². The second kappa shape index (κ2) is 8.10. The van der Waals surface area contributed by atoms with Crippen molar-refractivity contribution in [2.24, 2.45) is 0 Å². The van der Waals surface area contributed by atoms with E-state index in [1.165, 1.54) is 12.1 Å². The number of allylic oxidation sites excluding steroid dienone is 3. The molecule has 136 valence electrons. The maximum absolute atomic E-state index is 12.3. The zero-order valence-electron chi connectivity index (χ0n) is 14.5. The summed E-state index contributed by atoms with van der Waals surface area (Å²) in [6, 6.07) is 15.9. The minimum Gasteiger partial charge on any atom is -0.497 e. The van der Waals surface area contributed by atoms with Crippen LogP contribution in [0.15, 0.2) is 83.1 Å². The number of rotatable bonds is 7. The topological polar surface area (TPSA) is 64.6 Å². The lowest BCUT2D eigenvalue weighted by Gasteiger charge is -2.16. The van der Waals surface area contributed by atoms with Gasteiger partial charge in [0.05, 0.1) is 7.11 Å². The molecule has 2 aromatic rings. The lowest BCUT2D eigenvalue weighted by molar-refractivity contribution is 0.414. The zero-order chi connectivity index (χ0) is 18.4. The largest absolute Gasteiger partial charge is 0.497 e. The fourth-order valence-corrected chi connectivity index (χ4v) is 3.55. The molecule has 0 unspecified atom stereocenters. The SMILES string of the molecule is COc1ccc(CNC2=CC(OS(=O)(=O)c3ccccc3)=CCC2)cc1. The molecule has 3 rings (SSSR count). The normalized spacial score (nSPS) is 14.2. The van der Waals surface area contributed by atoms with Gasteiger partial charge in [0.2, 0.25) is 0 Å². The summed E-state index contributed by atoms with van der Waals surface area (Å²) >= 11 is 0. The quantitative estimate of drug-likeness (QED) is 0.751. The molecule has 6 heteroatoms. The molecule has 0 saturated carbocycles. The molecule has 5 nitrogen and oxygen atoms in total. The summed E-state index contributed by atoms with van der Waals surface area (Å²) in [6.45, 7) is 0.647. The first-order chi connectivity index (χ1) is 12.6. The second-order valence-electron chi connectivity index (χ2n) is 5.87. The molecule has 0 heterocycles. The minimum absolute atomic E-state index is 0.146. The fourth-order valence-electron chi connectivity index (χ4n) is 2.59. The highest BCUT2D eigenvalue weighted by Crippen LogP contribution is 2.22. The summed E-state index contributed by atoms with van der Waals surface area (Å²) in [4.78, 5) is 0.146. The van der Waals surface area contributed by atoms with Crippen molar-refractivity contribution in [3.05, 3.63) is 83.8 Å². The number of benzene rings is 2. The summed E-state index contributed by atoms with van der Waals surface area (Å²) in [6.07, 6.45) is 5.07. The van der Waals surface area contributed by atoms with Crippen molar-refractivity contribution in [2.75, 3.05) is 7.11 Å². The van der Waals surface area contributed by atoms with Crippen LogP contribution in [-0.2, 0) is 20.8 Å². The Morgan fingerprint density at radius 3 is 2.46 bits per heavy atom. The maximum Gasteiger partial charge on any atom is 0.339 e. The van der Waals surface area contributed by atoms with Gasteiger partial charge in [0.1, 0.15) is 16.4 Å². The molecule has 26 heavy (non-hydrogen) atoms. The van der Waals surface area contributed by atoms with Crippen LogP contribution in [0.3, 0.4) is 0 Å². The van der Waals surface area contributed by atoms with E-state index < -0.39 is 10.1 Å². The predicted molar refractivity (Wildman–Crippen MR) is 99.9 cm³/mol. The highest BCUT2D eigenvalue weighted by atomic mass is 32.2. The number of methoxy groups -OCH3 is 1. The first-order valence-electron chi connectivity index (χ1n) is 8.34. The van der Waals surface area contributed by atoms with Crippen LogP contribution in [0.5, 0.6) is 5.75 Å². The lowest BCUT2D eigenvalue weighted by atomic mass is 10.1. The van der Waals surface area contributed by atoms with Gasteiger partial charge in [-0.05, 0) is 48.7 Å². The van der Waals surface area contributed by atoms with Crippen molar-refractivity contribution in [3.8, 4) is 5.75 Å². The summed E-state index contributed by atoms with van der Waals surface area (Å²) < 4.78 is 35.1. The first kappa shape index (κ1) is 18.1. The van der Waals surface area contributed by atoms with Gasteiger partial charge in [-0.2, -0.15) is 8.42 Å². The first-order valence-corrected chi connectivity index (χ1v) is 9.75. The Bertz CT molecular complexity index is 901. The zero-order valence-corrected chi connectivity index (χ0v) is 15.3. The molecule has 1 aliphatic carbocycles. The van der Waals surface area contributed by atoms with E-state index in [1.54, 1.807) is 37.5 Å². The van der Waals surface area contributed by atoms with Crippen LogP contribution in [0.4, 0.5) is 0 Å². The Balaban J connectivity index is 1.63. The van der Waals surface area contributed by atoms with E-state index in [0.29, 0.717) is 12.3 Å². The summed E-state index contributed by atoms with van der Waals surface area (Å²) in [5, 5.41) is 3.34. The fraction of sp³-hybridized carbons (Fsp3) is 0.200. The van der Waals surface area contributed by atoms with Crippen LogP contribution in [0.2, 0.25) is 0 Å². The Kier molecular flexibility index (Phi) is 5.63. The van der Waals surface area contributed by atoms with E-state index in [2.05, 4.69) is 5.32 Å². The molecule has 1 aliphatic rings. The van der Waals surface area contributed by atoms with E-state index >= 15 is 0 Å². The van der Waals surface area contributed by atoms with Crippen molar-refractivity contribution < 1.29 is 17.3 Å². The Morgan fingerprint density at radius 2 is 1.77 bits per heavy atom. The van der Waals surface area contributed by atoms with E-state index in [0.717, 1.165) is 29.9 Å². The highest BCUT2D eigenvalue weighted by Gasteiger charge is 2.18. The third-order valence-corrected chi connectivity index (χ3v) is 5.25. The molecule has 2 aromatic carbocycles. The lowest BCUT2D eigenvalue weighted by Crippen LogP contribution is -2.16. The van der Waals surface area contributed by atoms with Crippen molar-refractivity contribution in [2.45, 2.75) is 24.3 Å². The molecule has 0 fully saturated rings. The molecular formula is C20H21NO4S. The molecule has 0 amide bonds. The minimum atomic E-state index is -3.81. The predicted octanol–water partition coefficient (Wildman–Crippen LogP) is 3.75. The molecule has 0 radical (unpaired) electrons. The average Bonchev–Trinajstić information content (AvgIpc) is 2.67. The van der Waals surface area contributed by atoms with Gasteiger partial charge in [-0.3, -0.25) is 0 Å². The van der Waals surface area contributed by atoms with E-state index in [-0.39, 0.29) is 4.90 Å². The van der Waals surface area contributed by atoms with Gasteiger partial charge in [0, 0.05) is 18.3 Å². The third-order valence-electron chi connectivity index (χ3n) is 3.99. The van der Waals surface area contributed by atoms with Gasteiger partial charge in [-0.25, -0.2) is 0 Å². The van der Waals surface area contributed by atoms with Gasteiger partial charge < -0.3 is 14.2 Å². The van der Waals surface area contributed by atoms with Crippen LogP contribution in [0.25, 0.3) is 0 Å². The Morgan fingerprint density at radius 1 is 1.04 bits per heavy atom. The van der Waals surface area contributed by atoms with Crippen LogP contribution >= 0.6 is 0 Å². The van der Waals surface area contributed by atoms with Crippen molar-refractivity contribution in [1.29, 1.82) is 0 Å². The standard InChI is InChI=1S/C20H21NO4S/c1-24-18-12-10-16(11-13-18)15-21-17-6-5-7-19(14-17)25-26(22,23)20-8-3-2-4-9-20/h2-4,7-14,21H,5-6,15H2,1H3. The number of ether oxygens (including phenoxy) is 1. The van der Waals surface area contributed by atoms with Crippen molar-refractivity contribution in [3.63, 3.8) is 0 Å². The molecular weight excluding hydrogens is 350 g/mol. The Labute approximate surface area is 154 Å². The van der Waals surface area contributed by atoms with Crippen molar-refractivity contribution in [1.82, 2.24) is 5.32 Å². The summed E-state index contributed by atoms with van der Waals surface area (Å²) in [7, 11) is -2.18. The second-order valence-corrected chi connectivity index (χ2v) is 7.41. The van der Waals surface area contributed by atoms with Gasteiger partial charge in [-0.15, -0.1) is 0 Å². The molecule has 0 atom stereocenters. The summed E-state index contributed by atoms with van der Waals surface area (Å²) in [5.74, 6) is 1.16. The van der Waals surface area contributed by atoms with Gasteiger partial charge >= 0.3 is 10.1 Å². The maximum atomic E-state index is 12.3. The van der Waals surface area contributed by atoms with Crippen LogP contribution < -0.4 is 10.1 Å². The molecule has 0 saturated heterocycles. The van der Waals surface area contributed by atoms with Crippen molar-refractivity contribution >= 4 is 10.1 Å². The molecule has 1 N–H and O–H groups in total. The van der Waals surface area contributed by atoms with Gasteiger partial charge in [0.15, 0.2) is 0 Å². The number of nitrogens with one attached hydrogen (secondary N) is 1. The molecule has 0 aliphatic heterocycles. The summed E-state index contributed by atoms with van der Waals surface area (Å²) in [5.41, 5.74) is 2.06. The van der Waals surface area contributed by atoms with Gasteiger partial charge in [-0.1, -0.05) is 30.3 Å². The van der Waals surface area contributed by atoms with Crippen LogP contribution in [-0.4, -0.2) is 15.5 Å². The van der Waals surface area contributed by atoms with Gasteiger partial charge in [0.25, 0.3) is 0 Å². The smallest absolute Gasteiger partial charge is 0.339 e.